The van der Waals surface area contributed by atoms with E-state index in [1.54, 1.807) is 6.92 Å². The molecule has 1 rings (SSSR count). The maximum atomic E-state index is 11.5. The van der Waals surface area contributed by atoms with Crippen LogP contribution in [0.2, 0.25) is 0 Å². The van der Waals surface area contributed by atoms with Gasteiger partial charge in [-0.25, -0.2) is 0 Å². The van der Waals surface area contributed by atoms with Gasteiger partial charge in [0, 0.05) is 15.7 Å². The minimum Gasteiger partial charge on any atom is -0.295 e. The van der Waals surface area contributed by atoms with Crippen molar-refractivity contribution in [3.8, 4) is 0 Å². The number of ketones is 1. The molecule has 98 valence electrons. The van der Waals surface area contributed by atoms with Gasteiger partial charge < -0.3 is 0 Å². The van der Waals surface area contributed by atoms with Gasteiger partial charge in [0.15, 0.2) is 5.78 Å². The maximum absolute atomic E-state index is 11.5. The Morgan fingerprint density at radius 1 is 1.44 bits per heavy atom. The van der Waals surface area contributed by atoms with Crippen molar-refractivity contribution in [2.24, 2.45) is 0 Å². The minimum atomic E-state index is 0.110. The first-order chi connectivity index (χ1) is 8.49. The van der Waals surface area contributed by atoms with E-state index in [0.29, 0.717) is 6.42 Å². The highest BCUT2D eigenvalue weighted by Crippen LogP contribution is 2.28. The zero-order valence-corrected chi connectivity index (χ0v) is 12.6. The second-order valence-electron chi connectivity index (χ2n) is 4.14. The molecule has 1 aromatic rings. The first-order valence-electron chi connectivity index (χ1n) is 5.91. The molecular formula is C14H18O2S2. The molecule has 0 aromatic carbocycles. The third-order valence-electron chi connectivity index (χ3n) is 2.86. The average Bonchev–Trinajstić information content (AvgIpc) is 2.70. The van der Waals surface area contributed by atoms with E-state index in [1.165, 1.54) is 22.7 Å². The Morgan fingerprint density at radius 3 is 2.61 bits per heavy atom. The molecule has 1 aromatic heterocycles. The fourth-order valence-electron chi connectivity index (χ4n) is 1.72. The number of hydrogen-bond acceptors (Lipinski definition) is 4. The molecule has 4 heteroatoms. The predicted molar refractivity (Wildman–Crippen MR) is 79.8 cm³/mol. The molecule has 2 nitrogen and oxygen atoms in total. The number of Topliss-reactive ketones (excluding diaryl/α,β-unsaturated/α-hetero) is 1. The third-order valence-corrected chi connectivity index (χ3v) is 5.33. The summed E-state index contributed by atoms with van der Waals surface area (Å²) in [6, 6.07) is 0. The summed E-state index contributed by atoms with van der Waals surface area (Å²) < 4.78 is 0.124. The van der Waals surface area contributed by atoms with Crippen LogP contribution in [-0.2, 0) is 11.2 Å². The molecule has 0 saturated carbocycles. The van der Waals surface area contributed by atoms with Gasteiger partial charge in [-0.1, -0.05) is 41.7 Å². The SMILES string of the molecule is C=CC(C)c1sc(=O)sc1CC/C(=C/C)C(C)=O. The molecule has 0 saturated heterocycles. The molecule has 0 amide bonds. The van der Waals surface area contributed by atoms with Crippen LogP contribution >= 0.6 is 22.7 Å². The van der Waals surface area contributed by atoms with E-state index in [2.05, 4.69) is 6.58 Å². The Hall–Kier alpha value is -1.00. The normalized spacial score (nSPS) is 13.4. The van der Waals surface area contributed by atoms with Crippen LogP contribution in [0, 0.1) is 0 Å². The van der Waals surface area contributed by atoms with Crippen LogP contribution in [0.5, 0.6) is 0 Å². The van der Waals surface area contributed by atoms with E-state index in [4.69, 9.17) is 0 Å². The lowest BCUT2D eigenvalue weighted by atomic mass is 10.0. The highest BCUT2D eigenvalue weighted by atomic mass is 32.2. The van der Waals surface area contributed by atoms with Crippen LogP contribution in [0.1, 0.15) is 42.9 Å². The van der Waals surface area contributed by atoms with Crippen molar-refractivity contribution < 1.29 is 4.79 Å². The van der Waals surface area contributed by atoms with E-state index < -0.39 is 0 Å². The minimum absolute atomic E-state index is 0.110. The van der Waals surface area contributed by atoms with E-state index >= 15 is 0 Å². The number of aryl methyl sites for hydroxylation is 1. The quantitative estimate of drug-likeness (QED) is 0.585. The van der Waals surface area contributed by atoms with Gasteiger partial charge in [-0.05, 0) is 32.3 Å². The Bertz CT molecular complexity index is 520. The summed E-state index contributed by atoms with van der Waals surface area (Å²) in [7, 11) is 0. The molecule has 0 aliphatic carbocycles. The van der Waals surface area contributed by atoms with Gasteiger partial charge >= 0.3 is 0 Å². The molecule has 0 aliphatic rings. The molecular weight excluding hydrogens is 264 g/mol. The highest BCUT2D eigenvalue weighted by molar-refractivity contribution is 7.27. The summed E-state index contributed by atoms with van der Waals surface area (Å²) in [5.74, 6) is 0.314. The van der Waals surface area contributed by atoms with E-state index in [-0.39, 0.29) is 15.8 Å². The first kappa shape index (κ1) is 15.1. The fraction of sp³-hybridized carbons (Fsp3) is 0.429. The summed E-state index contributed by atoms with van der Waals surface area (Å²) >= 11 is 2.60. The van der Waals surface area contributed by atoms with Crippen molar-refractivity contribution in [1.82, 2.24) is 0 Å². The van der Waals surface area contributed by atoms with E-state index in [1.807, 2.05) is 26.0 Å². The topological polar surface area (TPSA) is 34.1 Å². The Labute approximate surface area is 116 Å². The zero-order valence-electron chi connectivity index (χ0n) is 11.0. The third kappa shape index (κ3) is 3.75. The lowest BCUT2D eigenvalue weighted by Gasteiger charge is -2.07. The van der Waals surface area contributed by atoms with Crippen LogP contribution < -0.4 is 4.06 Å². The van der Waals surface area contributed by atoms with E-state index in [0.717, 1.165) is 21.7 Å². The lowest BCUT2D eigenvalue weighted by molar-refractivity contribution is -0.113. The lowest BCUT2D eigenvalue weighted by Crippen LogP contribution is -1.99. The molecule has 0 bridgehead atoms. The molecule has 0 fully saturated rings. The summed E-state index contributed by atoms with van der Waals surface area (Å²) in [6.45, 7) is 9.27. The van der Waals surface area contributed by atoms with Crippen molar-refractivity contribution >= 4 is 28.5 Å². The van der Waals surface area contributed by atoms with Crippen LogP contribution in [0.3, 0.4) is 0 Å². The smallest absolute Gasteiger partial charge is 0.287 e. The Kier molecular flexibility index (Phi) is 5.69. The van der Waals surface area contributed by atoms with Gasteiger partial charge in [0.1, 0.15) is 0 Å². The average molecular weight is 282 g/mol. The van der Waals surface area contributed by atoms with Crippen LogP contribution in [0.15, 0.2) is 29.1 Å². The standard InChI is InChI=1S/C14H18O2S2/c1-5-9(3)13-12(17-14(16)18-13)8-7-11(6-2)10(4)15/h5-6,9H,1,7-8H2,2-4H3/b11-6-. The molecule has 0 N–H and O–H groups in total. The maximum Gasteiger partial charge on any atom is 0.287 e. The van der Waals surface area contributed by atoms with Gasteiger partial charge in [0.25, 0.3) is 4.06 Å². The fourth-order valence-corrected chi connectivity index (χ4v) is 4.08. The molecule has 0 spiro atoms. The molecule has 1 unspecified atom stereocenters. The van der Waals surface area contributed by atoms with Gasteiger partial charge in [0.05, 0.1) is 0 Å². The Morgan fingerprint density at radius 2 is 2.11 bits per heavy atom. The molecule has 0 aliphatic heterocycles. The molecule has 1 atom stereocenters. The molecule has 18 heavy (non-hydrogen) atoms. The molecule has 0 radical (unpaired) electrons. The summed E-state index contributed by atoms with van der Waals surface area (Å²) in [4.78, 5) is 25.0. The number of rotatable bonds is 6. The Balaban J connectivity index is 2.88. The second kappa shape index (κ2) is 6.81. The molecule has 1 heterocycles. The van der Waals surface area contributed by atoms with Crippen LogP contribution in [-0.4, -0.2) is 5.78 Å². The number of carbonyl (C=O) groups is 1. The van der Waals surface area contributed by atoms with Crippen LogP contribution in [0.4, 0.5) is 0 Å². The van der Waals surface area contributed by atoms with Gasteiger partial charge in [0.2, 0.25) is 0 Å². The summed E-state index contributed by atoms with van der Waals surface area (Å²) in [5, 5.41) is 0. The monoisotopic (exact) mass is 282 g/mol. The van der Waals surface area contributed by atoms with Crippen LogP contribution in [0.25, 0.3) is 0 Å². The van der Waals surface area contributed by atoms with E-state index in [9.17, 15) is 9.59 Å². The predicted octanol–water partition coefficient (Wildman–Crippen LogP) is 3.93. The van der Waals surface area contributed by atoms with Gasteiger partial charge in [-0.2, -0.15) is 0 Å². The van der Waals surface area contributed by atoms with Gasteiger partial charge in [-0.15, -0.1) is 6.58 Å². The van der Waals surface area contributed by atoms with Crippen molar-refractivity contribution in [1.29, 1.82) is 0 Å². The number of carbonyl (C=O) groups excluding carboxylic acids is 1. The summed E-state index contributed by atoms with van der Waals surface area (Å²) in [5.41, 5.74) is 0.832. The number of hydrogen-bond donors (Lipinski definition) is 0. The second-order valence-corrected chi connectivity index (χ2v) is 6.48. The van der Waals surface area contributed by atoms with Crippen molar-refractivity contribution in [3.63, 3.8) is 0 Å². The van der Waals surface area contributed by atoms with Crippen molar-refractivity contribution in [3.05, 3.63) is 42.9 Å². The largest absolute Gasteiger partial charge is 0.295 e. The van der Waals surface area contributed by atoms with Crippen molar-refractivity contribution in [2.45, 2.75) is 39.5 Å². The summed E-state index contributed by atoms with van der Waals surface area (Å²) in [6.07, 6.45) is 5.17. The van der Waals surface area contributed by atoms with Gasteiger partial charge in [-0.3, -0.25) is 9.59 Å². The zero-order chi connectivity index (χ0) is 13.7. The number of allylic oxidation sites excluding steroid dienone is 3. The highest BCUT2D eigenvalue weighted by Gasteiger charge is 2.14. The first-order valence-corrected chi connectivity index (χ1v) is 7.54. The van der Waals surface area contributed by atoms with Crippen molar-refractivity contribution in [2.75, 3.05) is 0 Å².